The van der Waals surface area contributed by atoms with Gasteiger partial charge in [-0.05, 0) is 25.2 Å². The summed E-state index contributed by atoms with van der Waals surface area (Å²) in [5.41, 5.74) is 4.86. The number of carbonyl (C=O) groups is 1. The summed E-state index contributed by atoms with van der Waals surface area (Å²) >= 11 is 0. The second-order valence-electron chi connectivity index (χ2n) is 5.35. The van der Waals surface area contributed by atoms with Crippen molar-refractivity contribution in [1.82, 2.24) is 9.13 Å². The topological polar surface area (TPSA) is 99.1 Å². The van der Waals surface area contributed by atoms with E-state index in [2.05, 4.69) is 17.5 Å². The number of anilines is 2. The van der Waals surface area contributed by atoms with Crippen molar-refractivity contribution >= 4 is 17.4 Å². The second-order valence-corrected chi connectivity index (χ2v) is 5.35. The quantitative estimate of drug-likeness (QED) is 0.790. The van der Waals surface area contributed by atoms with Gasteiger partial charge in [0.25, 0.3) is 5.56 Å². The average Bonchev–Trinajstić information content (AvgIpc) is 2.47. The molecule has 1 aromatic rings. The van der Waals surface area contributed by atoms with E-state index in [4.69, 9.17) is 5.73 Å². The first kappa shape index (κ1) is 15.1. The maximum Gasteiger partial charge on any atom is 0.332 e. The van der Waals surface area contributed by atoms with Crippen LogP contribution in [0.15, 0.2) is 21.7 Å². The van der Waals surface area contributed by atoms with Crippen LogP contribution in [-0.2, 0) is 18.4 Å². The highest BCUT2D eigenvalue weighted by Crippen LogP contribution is 2.21. The number of aromatic nitrogens is 2. The van der Waals surface area contributed by atoms with Crippen molar-refractivity contribution in [1.29, 1.82) is 0 Å². The summed E-state index contributed by atoms with van der Waals surface area (Å²) < 4.78 is 2.34. The number of carbonyl (C=O) groups excluding carboxylic acids is 1. The van der Waals surface area contributed by atoms with Gasteiger partial charge >= 0.3 is 5.69 Å². The van der Waals surface area contributed by atoms with E-state index in [1.54, 1.807) is 0 Å². The Morgan fingerprint density at radius 1 is 1.43 bits per heavy atom. The van der Waals surface area contributed by atoms with Crippen molar-refractivity contribution in [2.45, 2.75) is 32.7 Å². The van der Waals surface area contributed by atoms with Gasteiger partial charge in [-0.15, -0.1) is 0 Å². The van der Waals surface area contributed by atoms with Crippen LogP contribution >= 0.6 is 0 Å². The number of rotatable bonds is 3. The van der Waals surface area contributed by atoms with Crippen LogP contribution in [0.1, 0.15) is 26.2 Å². The van der Waals surface area contributed by atoms with Gasteiger partial charge in [0.15, 0.2) is 0 Å². The monoisotopic (exact) mass is 292 g/mol. The summed E-state index contributed by atoms with van der Waals surface area (Å²) in [5.74, 6) is -0.0740. The SMILES string of the molecule is CC(=O)Nc1c(N)n(CC2CC=CCC2)c(=O)n(C)c1=O. The molecule has 1 unspecified atom stereocenters. The summed E-state index contributed by atoms with van der Waals surface area (Å²) in [4.78, 5) is 35.5. The fraction of sp³-hybridized carbons (Fsp3) is 0.500. The Hall–Kier alpha value is -2.31. The number of nitrogens with zero attached hydrogens (tertiary/aromatic N) is 2. The summed E-state index contributed by atoms with van der Waals surface area (Å²) in [6.45, 7) is 1.73. The molecular weight excluding hydrogens is 272 g/mol. The minimum Gasteiger partial charge on any atom is -0.383 e. The molecule has 21 heavy (non-hydrogen) atoms. The minimum atomic E-state index is -0.590. The Bertz CT molecular complexity index is 699. The fourth-order valence-corrected chi connectivity index (χ4v) is 2.53. The van der Waals surface area contributed by atoms with E-state index in [9.17, 15) is 14.4 Å². The van der Waals surface area contributed by atoms with E-state index in [0.717, 1.165) is 23.8 Å². The molecule has 2 rings (SSSR count). The van der Waals surface area contributed by atoms with Crippen LogP contribution in [0.5, 0.6) is 0 Å². The minimum absolute atomic E-state index is 0.0212. The maximum absolute atomic E-state index is 12.2. The second kappa shape index (κ2) is 5.99. The first-order valence-corrected chi connectivity index (χ1v) is 6.93. The molecule has 0 saturated carbocycles. The summed E-state index contributed by atoms with van der Waals surface area (Å²) in [6.07, 6.45) is 7.03. The third-order valence-corrected chi connectivity index (χ3v) is 3.70. The van der Waals surface area contributed by atoms with Crippen molar-refractivity contribution in [2.75, 3.05) is 11.1 Å². The molecule has 1 aliphatic rings. The zero-order valence-electron chi connectivity index (χ0n) is 12.3. The Kier molecular flexibility index (Phi) is 4.30. The number of nitrogens with one attached hydrogen (secondary N) is 1. The van der Waals surface area contributed by atoms with E-state index in [1.807, 2.05) is 0 Å². The van der Waals surface area contributed by atoms with Crippen molar-refractivity contribution in [3.05, 3.63) is 33.0 Å². The van der Waals surface area contributed by atoms with Gasteiger partial charge in [-0.2, -0.15) is 0 Å². The molecule has 7 heteroatoms. The third-order valence-electron chi connectivity index (χ3n) is 3.70. The standard InChI is InChI=1S/C14H20N4O3/c1-9(19)16-11-12(15)18(14(21)17(2)13(11)20)8-10-6-4-3-5-7-10/h3-4,10H,5-8,15H2,1-2H3,(H,16,19). The lowest BCUT2D eigenvalue weighted by molar-refractivity contribution is -0.114. The van der Waals surface area contributed by atoms with Gasteiger partial charge in [0.05, 0.1) is 0 Å². The zero-order chi connectivity index (χ0) is 15.6. The Labute approximate surface area is 122 Å². The molecule has 1 atom stereocenters. The molecule has 0 bridgehead atoms. The molecule has 0 aromatic carbocycles. The summed E-state index contributed by atoms with van der Waals surface area (Å²) in [5, 5.41) is 2.42. The highest BCUT2D eigenvalue weighted by atomic mass is 16.2. The van der Waals surface area contributed by atoms with E-state index >= 15 is 0 Å². The van der Waals surface area contributed by atoms with Crippen LogP contribution in [0.3, 0.4) is 0 Å². The molecule has 3 N–H and O–H groups in total. The van der Waals surface area contributed by atoms with Gasteiger partial charge < -0.3 is 11.1 Å². The number of nitrogen functional groups attached to an aromatic ring is 1. The summed E-state index contributed by atoms with van der Waals surface area (Å²) in [6, 6.07) is 0. The van der Waals surface area contributed by atoms with Crippen LogP contribution < -0.4 is 22.3 Å². The Morgan fingerprint density at radius 2 is 2.14 bits per heavy atom. The predicted molar refractivity (Wildman–Crippen MR) is 81.1 cm³/mol. The molecule has 1 aliphatic carbocycles. The normalized spacial score (nSPS) is 17.7. The molecule has 0 fully saturated rings. The van der Waals surface area contributed by atoms with E-state index in [1.165, 1.54) is 18.5 Å². The molecule has 114 valence electrons. The van der Waals surface area contributed by atoms with E-state index < -0.39 is 17.2 Å². The molecule has 0 spiro atoms. The smallest absolute Gasteiger partial charge is 0.332 e. The maximum atomic E-state index is 12.2. The number of amides is 1. The molecular formula is C14H20N4O3. The molecule has 7 nitrogen and oxygen atoms in total. The number of hydrogen-bond acceptors (Lipinski definition) is 4. The van der Waals surface area contributed by atoms with Gasteiger partial charge in [0, 0.05) is 20.5 Å². The Morgan fingerprint density at radius 3 is 2.71 bits per heavy atom. The van der Waals surface area contributed by atoms with E-state index in [0.29, 0.717) is 12.5 Å². The van der Waals surface area contributed by atoms with Crippen LogP contribution in [0.2, 0.25) is 0 Å². The Balaban J connectivity index is 2.47. The summed E-state index contributed by atoms with van der Waals surface area (Å²) in [7, 11) is 1.38. The molecule has 1 heterocycles. The molecule has 0 aliphatic heterocycles. The lowest BCUT2D eigenvalue weighted by Gasteiger charge is -2.21. The van der Waals surface area contributed by atoms with E-state index in [-0.39, 0.29) is 11.5 Å². The first-order valence-electron chi connectivity index (χ1n) is 6.93. The molecule has 0 saturated heterocycles. The lowest BCUT2D eigenvalue weighted by Crippen LogP contribution is -2.42. The van der Waals surface area contributed by atoms with Crippen molar-refractivity contribution in [3.8, 4) is 0 Å². The van der Waals surface area contributed by atoms with Gasteiger partial charge in [-0.1, -0.05) is 12.2 Å². The van der Waals surface area contributed by atoms with Gasteiger partial charge in [-0.25, -0.2) is 4.79 Å². The van der Waals surface area contributed by atoms with Gasteiger partial charge in [0.1, 0.15) is 11.5 Å². The molecule has 0 radical (unpaired) electrons. The molecule has 1 amide bonds. The predicted octanol–water partition coefficient (Wildman–Crippen LogP) is 0.444. The van der Waals surface area contributed by atoms with Gasteiger partial charge in [0.2, 0.25) is 5.91 Å². The van der Waals surface area contributed by atoms with Crippen molar-refractivity contribution in [2.24, 2.45) is 13.0 Å². The van der Waals surface area contributed by atoms with Crippen LogP contribution in [-0.4, -0.2) is 15.0 Å². The first-order chi connectivity index (χ1) is 9.91. The van der Waals surface area contributed by atoms with Crippen molar-refractivity contribution in [3.63, 3.8) is 0 Å². The number of hydrogen-bond donors (Lipinski definition) is 2. The largest absolute Gasteiger partial charge is 0.383 e. The zero-order valence-corrected chi connectivity index (χ0v) is 12.3. The van der Waals surface area contributed by atoms with Crippen molar-refractivity contribution < 1.29 is 4.79 Å². The highest BCUT2D eigenvalue weighted by molar-refractivity contribution is 5.91. The van der Waals surface area contributed by atoms with Crippen LogP contribution in [0.25, 0.3) is 0 Å². The average molecular weight is 292 g/mol. The van der Waals surface area contributed by atoms with Crippen LogP contribution in [0.4, 0.5) is 11.5 Å². The molecule has 1 aromatic heterocycles. The lowest BCUT2D eigenvalue weighted by atomic mass is 9.94. The number of nitrogens with two attached hydrogens (primary N) is 1. The van der Waals surface area contributed by atoms with Gasteiger partial charge in [-0.3, -0.25) is 18.7 Å². The fourth-order valence-electron chi connectivity index (χ4n) is 2.53. The highest BCUT2D eigenvalue weighted by Gasteiger charge is 2.19. The number of allylic oxidation sites excluding steroid dienone is 2. The van der Waals surface area contributed by atoms with Crippen LogP contribution in [0, 0.1) is 5.92 Å². The third kappa shape index (κ3) is 3.07.